The summed E-state index contributed by atoms with van der Waals surface area (Å²) < 4.78 is 15.0. The second kappa shape index (κ2) is 6.10. The van der Waals surface area contributed by atoms with Crippen LogP contribution < -0.4 is 5.32 Å². The molecule has 0 bridgehead atoms. The van der Waals surface area contributed by atoms with Crippen LogP contribution >= 0.6 is 11.8 Å². The Hall–Kier alpha value is -1.86. The summed E-state index contributed by atoms with van der Waals surface area (Å²) >= 11 is 1.67. The van der Waals surface area contributed by atoms with Gasteiger partial charge in [0.1, 0.15) is 11.5 Å². The minimum absolute atomic E-state index is 0.192. The highest BCUT2D eigenvalue weighted by atomic mass is 32.2. The Labute approximate surface area is 131 Å². The zero-order chi connectivity index (χ0) is 15.6. The Bertz CT molecular complexity index is 683. The van der Waals surface area contributed by atoms with Crippen LogP contribution in [0.15, 0.2) is 36.5 Å². The zero-order valence-electron chi connectivity index (χ0n) is 11.8. The number of benzene rings is 1. The maximum absolute atomic E-state index is 13.7. The smallest absolute Gasteiger partial charge is 0.271 e. The van der Waals surface area contributed by atoms with Gasteiger partial charge in [-0.25, -0.2) is 9.07 Å². The van der Waals surface area contributed by atoms with Crippen molar-refractivity contribution in [2.75, 3.05) is 18.1 Å². The van der Waals surface area contributed by atoms with Crippen LogP contribution in [0.25, 0.3) is 5.69 Å². The number of hydrogen-bond acceptors (Lipinski definition) is 4. The fourth-order valence-corrected chi connectivity index (χ4v) is 3.58. The molecule has 0 radical (unpaired) electrons. The Kier molecular flexibility index (Phi) is 4.17. The topological polar surface area (TPSA) is 67.2 Å². The third-order valence-corrected chi connectivity index (χ3v) is 4.82. The van der Waals surface area contributed by atoms with E-state index in [1.807, 2.05) is 0 Å². The van der Waals surface area contributed by atoms with Crippen LogP contribution in [0.4, 0.5) is 4.39 Å². The Balaban J connectivity index is 1.68. The van der Waals surface area contributed by atoms with Gasteiger partial charge in [0.05, 0.1) is 5.60 Å². The number of amides is 1. The van der Waals surface area contributed by atoms with Crippen molar-refractivity contribution >= 4 is 17.7 Å². The van der Waals surface area contributed by atoms with E-state index in [0.717, 1.165) is 5.75 Å². The first-order valence-electron chi connectivity index (χ1n) is 6.96. The second-order valence-electron chi connectivity index (χ2n) is 5.31. The molecule has 3 rings (SSSR count). The molecule has 0 aliphatic carbocycles. The van der Waals surface area contributed by atoms with Crippen LogP contribution in [-0.4, -0.2) is 44.4 Å². The third-order valence-electron chi connectivity index (χ3n) is 3.58. The summed E-state index contributed by atoms with van der Waals surface area (Å²) in [4.78, 5) is 12.1. The normalized spacial score (nSPS) is 21.0. The van der Waals surface area contributed by atoms with Gasteiger partial charge in [-0.2, -0.15) is 16.9 Å². The summed E-state index contributed by atoms with van der Waals surface area (Å²) in [5, 5.41) is 17.0. The van der Waals surface area contributed by atoms with Crippen molar-refractivity contribution in [2.24, 2.45) is 0 Å². The number of aliphatic hydroxyl groups is 1. The summed E-state index contributed by atoms with van der Waals surface area (Å²) in [5.41, 5.74) is -0.362. The van der Waals surface area contributed by atoms with Gasteiger partial charge in [-0.15, -0.1) is 0 Å². The summed E-state index contributed by atoms with van der Waals surface area (Å²) in [6.07, 6.45) is 2.20. The van der Waals surface area contributed by atoms with Crippen LogP contribution in [0.1, 0.15) is 16.9 Å². The molecule has 1 aromatic carbocycles. The van der Waals surface area contributed by atoms with Crippen LogP contribution in [-0.2, 0) is 0 Å². The fourth-order valence-electron chi connectivity index (χ4n) is 2.29. The van der Waals surface area contributed by atoms with Gasteiger partial charge in [0.25, 0.3) is 5.91 Å². The van der Waals surface area contributed by atoms with Gasteiger partial charge in [-0.1, -0.05) is 12.1 Å². The molecule has 5 nitrogen and oxygen atoms in total. The molecule has 1 amide bonds. The standard InChI is InChI=1S/C15H16FN3O2S/c16-11-3-1-2-4-13(11)19-7-5-12(18-19)14(20)17-9-15(21)6-8-22-10-15/h1-5,7,21H,6,8-10H2,(H,17,20)/t15-/m0/s1. The molecule has 1 atom stereocenters. The molecule has 116 valence electrons. The van der Waals surface area contributed by atoms with Gasteiger partial charge in [-0.3, -0.25) is 4.79 Å². The van der Waals surface area contributed by atoms with Crippen LogP contribution in [0.2, 0.25) is 0 Å². The van der Waals surface area contributed by atoms with E-state index in [9.17, 15) is 14.3 Å². The molecule has 0 unspecified atom stereocenters. The molecule has 7 heteroatoms. The van der Waals surface area contributed by atoms with E-state index in [2.05, 4.69) is 10.4 Å². The van der Waals surface area contributed by atoms with Crippen molar-refractivity contribution in [3.8, 4) is 5.69 Å². The van der Waals surface area contributed by atoms with E-state index in [0.29, 0.717) is 12.2 Å². The number of nitrogens with one attached hydrogen (secondary N) is 1. The quantitative estimate of drug-likeness (QED) is 0.898. The lowest BCUT2D eigenvalue weighted by Crippen LogP contribution is -2.43. The van der Waals surface area contributed by atoms with E-state index in [1.165, 1.54) is 23.0 Å². The predicted molar refractivity (Wildman–Crippen MR) is 82.7 cm³/mol. The number of para-hydroxylation sites is 1. The number of hydrogen-bond donors (Lipinski definition) is 2. The molecule has 0 spiro atoms. The lowest BCUT2D eigenvalue weighted by Gasteiger charge is -2.21. The monoisotopic (exact) mass is 321 g/mol. The van der Waals surface area contributed by atoms with E-state index in [4.69, 9.17) is 0 Å². The summed E-state index contributed by atoms with van der Waals surface area (Å²) in [7, 11) is 0. The fraction of sp³-hybridized carbons (Fsp3) is 0.333. The average molecular weight is 321 g/mol. The first-order valence-corrected chi connectivity index (χ1v) is 8.12. The van der Waals surface area contributed by atoms with E-state index in [1.54, 1.807) is 30.0 Å². The SMILES string of the molecule is O=C(NC[C@@]1(O)CCSC1)c1ccn(-c2ccccc2F)n1. The molecule has 2 aromatic rings. The van der Waals surface area contributed by atoms with Crippen molar-refractivity contribution in [1.82, 2.24) is 15.1 Å². The number of thioether (sulfide) groups is 1. The molecular weight excluding hydrogens is 305 g/mol. The lowest BCUT2D eigenvalue weighted by atomic mass is 10.0. The van der Waals surface area contributed by atoms with Gasteiger partial charge >= 0.3 is 0 Å². The first-order chi connectivity index (χ1) is 10.6. The Morgan fingerprint density at radius 2 is 2.27 bits per heavy atom. The van der Waals surface area contributed by atoms with Crippen molar-refractivity contribution in [3.63, 3.8) is 0 Å². The second-order valence-corrected chi connectivity index (χ2v) is 6.41. The summed E-state index contributed by atoms with van der Waals surface area (Å²) in [6, 6.07) is 7.74. The van der Waals surface area contributed by atoms with Crippen molar-refractivity contribution in [1.29, 1.82) is 0 Å². The molecule has 1 aliphatic heterocycles. The maximum Gasteiger partial charge on any atom is 0.271 e. The molecule has 0 saturated carbocycles. The van der Waals surface area contributed by atoms with Gasteiger partial charge in [0.2, 0.25) is 0 Å². The average Bonchev–Trinajstić information content (AvgIpc) is 3.15. The Morgan fingerprint density at radius 3 is 3.00 bits per heavy atom. The summed E-state index contributed by atoms with van der Waals surface area (Å²) in [6.45, 7) is 0.200. The Morgan fingerprint density at radius 1 is 1.45 bits per heavy atom. The van der Waals surface area contributed by atoms with Crippen molar-refractivity contribution in [2.45, 2.75) is 12.0 Å². The number of halogens is 1. The largest absolute Gasteiger partial charge is 0.387 e. The zero-order valence-corrected chi connectivity index (χ0v) is 12.6. The highest BCUT2D eigenvalue weighted by molar-refractivity contribution is 7.99. The third kappa shape index (κ3) is 3.15. The van der Waals surface area contributed by atoms with Gasteiger partial charge in [0.15, 0.2) is 5.69 Å². The van der Waals surface area contributed by atoms with E-state index < -0.39 is 11.4 Å². The van der Waals surface area contributed by atoms with E-state index in [-0.39, 0.29) is 23.8 Å². The van der Waals surface area contributed by atoms with Crippen molar-refractivity contribution < 1.29 is 14.3 Å². The number of carbonyl (C=O) groups is 1. The minimum atomic E-state index is -0.839. The van der Waals surface area contributed by atoms with E-state index >= 15 is 0 Å². The van der Waals surface area contributed by atoms with Crippen LogP contribution in [0.5, 0.6) is 0 Å². The molecule has 1 fully saturated rings. The molecule has 1 aromatic heterocycles. The molecule has 2 N–H and O–H groups in total. The lowest BCUT2D eigenvalue weighted by molar-refractivity contribution is 0.0610. The van der Waals surface area contributed by atoms with Gasteiger partial charge < -0.3 is 10.4 Å². The predicted octanol–water partition coefficient (Wildman–Crippen LogP) is 1.61. The molecule has 2 heterocycles. The minimum Gasteiger partial charge on any atom is -0.387 e. The number of carbonyl (C=O) groups excluding carboxylic acids is 1. The highest BCUT2D eigenvalue weighted by Crippen LogP contribution is 2.27. The maximum atomic E-state index is 13.7. The number of nitrogens with zero attached hydrogens (tertiary/aromatic N) is 2. The van der Waals surface area contributed by atoms with Crippen LogP contribution in [0.3, 0.4) is 0 Å². The molecular formula is C15H16FN3O2S. The number of aromatic nitrogens is 2. The van der Waals surface area contributed by atoms with Crippen molar-refractivity contribution in [3.05, 3.63) is 48.0 Å². The number of rotatable bonds is 4. The molecule has 1 aliphatic rings. The summed E-state index contributed by atoms with van der Waals surface area (Å²) in [5.74, 6) is 0.737. The highest BCUT2D eigenvalue weighted by Gasteiger charge is 2.32. The molecule has 22 heavy (non-hydrogen) atoms. The van der Waals surface area contributed by atoms with Crippen LogP contribution in [0, 0.1) is 5.82 Å². The molecule has 1 saturated heterocycles. The van der Waals surface area contributed by atoms with Gasteiger partial charge in [0, 0.05) is 18.5 Å². The van der Waals surface area contributed by atoms with Gasteiger partial charge in [-0.05, 0) is 30.4 Å². The first kappa shape index (κ1) is 15.1.